The van der Waals surface area contributed by atoms with E-state index in [0.717, 1.165) is 95.2 Å². The zero-order valence-corrected chi connectivity index (χ0v) is 82.9. The van der Waals surface area contributed by atoms with Gasteiger partial charge in [0.25, 0.3) is 0 Å². The molecular formula is C114H89Ir3N7OSSi3-6. The molecule has 3 radical (unpaired) electrons. The summed E-state index contributed by atoms with van der Waals surface area (Å²) in [5.41, 5.74) is 17.2. The van der Waals surface area contributed by atoms with Crippen molar-refractivity contribution in [3.63, 3.8) is 0 Å². The van der Waals surface area contributed by atoms with E-state index in [4.69, 9.17) is 19.4 Å². The Morgan fingerprint density at radius 2 is 0.612 bits per heavy atom. The van der Waals surface area contributed by atoms with E-state index in [9.17, 15) is 0 Å². The predicted octanol–water partition coefficient (Wildman–Crippen LogP) is 25.1. The molecule has 0 aliphatic rings. The first kappa shape index (κ1) is 92.4. The Morgan fingerprint density at radius 1 is 0.248 bits per heavy atom. The van der Waals surface area contributed by atoms with Crippen LogP contribution in [0.2, 0.25) is 39.3 Å². The third kappa shape index (κ3) is 21.6. The van der Waals surface area contributed by atoms with Crippen LogP contribution in [0.25, 0.3) is 137 Å². The Hall–Kier alpha value is -12.8. The van der Waals surface area contributed by atoms with E-state index in [1.165, 1.54) is 73.1 Å². The molecule has 15 heteroatoms. The molecule has 22 rings (SSSR count). The summed E-state index contributed by atoms with van der Waals surface area (Å²) in [4.78, 5) is 27.1. The van der Waals surface area contributed by atoms with E-state index in [0.29, 0.717) is 0 Å². The van der Waals surface area contributed by atoms with Crippen LogP contribution in [-0.4, -0.2) is 58.7 Å². The minimum atomic E-state index is -1.78. The van der Waals surface area contributed by atoms with Crippen LogP contribution in [0.15, 0.2) is 436 Å². The number of aromatic nitrogens is 7. The van der Waals surface area contributed by atoms with E-state index >= 15 is 0 Å². The van der Waals surface area contributed by atoms with Gasteiger partial charge in [0, 0.05) is 113 Å². The van der Waals surface area contributed by atoms with E-state index in [-0.39, 0.29) is 60.3 Å². The molecule has 0 saturated carbocycles. The number of hydrogen-bond donors (Lipinski definition) is 0. The largest absolute Gasteiger partial charge is 0.476 e. The van der Waals surface area contributed by atoms with Crippen LogP contribution >= 0.6 is 11.3 Å². The van der Waals surface area contributed by atoms with E-state index in [1.807, 2.05) is 175 Å². The summed E-state index contributed by atoms with van der Waals surface area (Å²) in [7, 11) is -5.23. The average Bonchev–Trinajstić information content (AvgIpc) is 1.56. The second-order valence-corrected chi connectivity index (χ2v) is 46.3. The Balaban J connectivity index is 0.000000130. The van der Waals surface area contributed by atoms with Gasteiger partial charge in [-0.05, 0) is 125 Å². The standard InChI is InChI=1S/C31H25N2Si.C25H20NOSi.C25H20NSSi.3C11H8N.3Ir/c1-34(2,25-13-7-4-8-14-25)26-18-20-29(32-22-26)23-17-19-28-27-15-9-10-16-30(27)33(31(28)21-23)24-11-5-3-6-12-24;2*1-28(2,19-8-4-3-5-9-19)20-13-15-23(26-17-20)18-12-14-22-21-10-6-7-11-24(21)27-25(22)16-18;3*1-2-6-10(7-3-1)11-8-4-5-9-12-11;;;/h3-16,18-22H,1-2H3;2*3-11,13-17H,1-2H3;3*1-6,8-9H;;;/q6*-1;;;. The van der Waals surface area contributed by atoms with Crippen molar-refractivity contribution in [1.82, 2.24) is 34.5 Å². The van der Waals surface area contributed by atoms with Crippen molar-refractivity contribution in [3.8, 4) is 73.2 Å². The van der Waals surface area contributed by atoms with Gasteiger partial charge in [0.15, 0.2) is 0 Å². The van der Waals surface area contributed by atoms with Crippen molar-refractivity contribution in [1.29, 1.82) is 0 Å². The third-order valence-electron chi connectivity index (χ3n) is 23.0. The van der Waals surface area contributed by atoms with Crippen LogP contribution in [0.4, 0.5) is 0 Å². The first-order valence-electron chi connectivity index (χ1n) is 42.2. The molecule has 0 spiro atoms. The summed E-state index contributed by atoms with van der Waals surface area (Å²) in [5, 5.41) is 15.5. The van der Waals surface area contributed by atoms with Crippen LogP contribution in [0, 0.1) is 36.4 Å². The topological polar surface area (TPSA) is 95.4 Å². The molecule has 0 unspecified atom stereocenters. The molecule has 13 aromatic carbocycles. The Kier molecular flexibility index (Phi) is 31.0. The monoisotopic (exact) mass is 2270 g/mol. The first-order chi connectivity index (χ1) is 61.8. The molecule has 0 aliphatic carbocycles. The van der Waals surface area contributed by atoms with E-state index < -0.39 is 24.2 Å². The number of nitrogens with zero attached hydrogens (tertiary/aromatic N) is 7. The molecule has 8 nitrogen and oxygen atoms in total. The van der Waals surface area contributed by atoms with E-state index in [2.05, 4.69) is 344 Å². The number of thiophene rings is 1. The molecule has 0 amide bonds. The number of para-hydroxylation sites is 3. The number of benzene rings is 13. The second-order valence-electron chi connectivity index (χ2n) is 32.0. The van der Waals surface area contributed by atoms with Gasteiger partial charge in [0.1, 0.15) is 29.8 Å². The fourth-order valence-corrected chi connectivity index (χ4v) is 23.5. The zero-order chi connectivity index (χ0) is 86.1. The Morgan fingerprint density at radius 3 is 1.04 bits per heavy atom. The predicted molar refractivity (Wildman–Crippen MR) is 535 cm³/mol. The molecule has 0 saturated heterocycles. The van der Waals surface area contributed by atoms with Crippen molar-refractivity contribution >= 4 is 131 Å². The number of hydrogen-bond acceptors (Lipinski definition) is 8. The summed E-state index contributed by atoms with van der Waals surface area (Å²) in [5.74, 6) is 0. The van der Waals surface area contributed by atoms with Crippen LogP contribution in [0.1, 0.15) is 0 Å². The summed E-state index contributed by atoms with van der Waals surface area (Å²) in [6.45, 7) is 14.3. The minimum Gasteiger partial charge on any atom is -0.476 e. The quantitative estimate of drug-likeness (QED) is 0.0838. The molecule has 637 valence electrons. The van der Waals surface area contributed by atoms with Gasteiger partial charge in [0.05, 0.1) is 5.58 Å². The molecule has 9 heterocycles. The average molecular weight is 2270 g/mol. The molecule has 129 heavy (non-hydrogen) atoms. The summed E-state index contributed by atoms with van der Waals surface area (Å²) < 4.78 is 11.0. The smallest absolute Gasteiger partial charge is 0.123 e. The number of furan rings is 1. The first-order valence-corrected chi connectivity index (χ1v) is 52.0. The van der Waals surface area contributed by atoms with Crippen molar-refractivity contribution in [2.45, 2.75) is 39.3 Å². The minimum absolute atomic E-state index is 0. The van der Waals surface area contributed by atoms with Crippen molar-refractivity contribution in [2.75, 3.05) is 0 Å². The molecule has 0 N–H and O–H groups in total. The Bertz CT molecular complexity index is 6810. The van der Waals surface area contributed by atoms with Gasteiger partial charge in [-0.15, -0.1) is 173 Å². The Labute approximate surface area is 802 Å². The molecule has 9 aromatic heterocycles. The normalized spacial score (nSPS) is 11.0. The van der Waals surface area contributed by atoms with Gasteiger partial charge in [-0.1, -0.05) is 314 Å². The van der Waals surface area contributed by atoms with Crippen molar-refractivity contribution < 1.29 is 64.7 Å². The number of fused-ring (bicyclic) bond motifs is 9. The van der Waals surface area contributed by atoms with Gasteiger partial charge in [-0.25, -0.2) is 0 Å². The molecule has 0 fully saturated rings. The van der Waals surface area contributed by atoms with Crippen LogP contribution < -0.4 is 31.1 Å². The second kappa shape index (κ2) is 43.3. The van der Waals surface area contributed by atoms with Gasteiger partial charge >= 0.3 is 0 Å². The third-order valence-corrected chi connectivity index (χ3v) is 34.6. The zero-order valence-electron chi connectivity index (χ0n) is 71.9. The number of rotatable bonds is 13. The molecule has 0 aliphatic heterocycles. The summed E-state index contributed by atoms with van der Waals surface area (Å²) in [6.07, 6.45) is 11.5. The van der Waals surface area contributed by atoms with Gasteiger partial charge in [0.2, 0.25) is 0 Å². The maximum Gasteiger partial charge on any atom is 0.123 e. The van der Waals surface area contributed by atoms with Gasteiger partial charge in [-0.3, -0.25) is 0 Å². The molecule has 0 atom stereocenters. The van der Waals surface area contributed by atoms with Gasteiger partial charge in [-0.2, -0.15) is 11.3 Å². The van der Waals surface area contributed by atoms with Crippen LogP contribution in [-0.2, 0) is 60.3 Å². The van der Waals surface area contributed by atoms with Crippen molar-refractivity contribution in [2.24, 2.45) is 0 Å². The van der Waals surface area contributed by atoms with Crippen LogP contribution in [0.5, 0.6) is 0 Å². The SMILES string of the molecule is C[Si](C)(c1ccccc1)c1ccc(-c2[c-]cc3c(c2)oc2ccccc23)nc1.C[Si](C)(c1ccccc1)c1ccc(-c2[c-]cc3c(c2)sc2ccccc23)nc1.C[Si](C)(c1ccccc1)c1ccc(-c2[c-]cc3c4ccccc4n(-c4ccccc4)c3c2)nc1.[Ir].[Ir].[Ir].[c-]1ccccc1-c1ccccn1.[c-]1ccccc1-c1ccccn1.[c-]1ccccc1-c1ccccn1. The van der Waals surface area contributed by atoms with Crippen LogP contribution in [0.3, 0.4) is 0 Å². The maximum absolute atomic E-state index is 6.01. The van der Waals surface area contributed by atoms with Crippen molar-refractivity contribution in [3.05, 3.63) is 468 Å². The fourth-order valence-electron chi connectivity index (χ4n) is 15.6. The molecule has 22 aromatic rings. The fraction of sp³-hybridized carbons (Fsp3) is 0.0526. The van der Waals surface area contributed by atoms with Gasteiger partial charge < -0.3 is 38.9 Å². The maximum atomic E-state index is 6.01. The molecular weight excluding hydrogens is 2180 g/mol. The number of pyridine rings is 6. The summed E-state index contributed by atoms with van der Waals surface area (Å²) >= 11 is 1.83. The molecule has 0 bridgehead atoms. The van der Waals surface area contributed by atoms with E-state index in [1.54, 1.807) is 18.6 Å². The summed E-state index contributed by atoms with van der Waals surface area (Å²) in [6, 6.07) is 155.